The van der Waals surface area contributed by atoms with Gasteiger partial charge in [0, 0.05) is 18.9 Å². The Labute approximate surface area is 119 Å². The lowest BCUT2D eigenvalue weighted by molar-refractivity contribution is -0.150. The lowest BCUT2D eigenvalue weighted by atomic mass is 10.0. The van der Waals surface area contributed by atoms with Crippen LogP contribution in [-0.4, -0.2) is 33.8 Å². The van der Waals surface area contributed by atoms with E-state index in [1.807, 2.05) is 26.0 Å². The number of hydrogen-bond acceptors (Lipinski definition) is 3. The molecule has 1 aromatic heterocycles. The third-order valence-electron chi connectivity index (χ3n) is 3.64. The van der Waals surface area contributed by atoms with Crippen molar-refractivity contribution in [2.75, 3.05) is 0 Å². The van der Waals surface area contributed by atoms with Crippen molar-refractivity contribution in [1.29, 1.82) is 0 Å². The average molecular weight is 275 g/mol. The fourth-order valence-corrected chi connectivity index (χ4v) is 2.59. The van der Waals surface area contributed by atoms with Crippen LogP contribution in [0.5, 0.6) is 0 Å². The molecule has 2 heterocycles. The Kier molecular flexibility index (Phi) is 4.71. The third kappa shape index (κ3) is 2.98. The van der Waals surface area contributed by atoms with E-state index in [1.54, 1.807) is 17.3 Å². The quantitative estimate of drug-likeness (QED) is 0.885. The van der Waals surface area contributed by atoms with E-state index in [1.165, 1.54) is 0 Å². The van der Waals surface area contributed by atoms with Gasteiger partial charge >= 0.3 is 0 Å². The van der Waals surface area contributed by atoms with E-state index in [4.69, 9.17) is 0 Å². The van der Waals surface area contributed by atoms with Crippen LogP contribution < -0.4 is 5.32 Å². The lowest BCUT2D eigenvalue weighted by Gasteiger charge is -2.38. The average Bonchev–Trinajstić information content (AvgIpc) is 2.46. The van der Waals surface area contributed by atoms with Gasteiger partial charge in [-0.25, -0.2) is 0 Å². The van der Waals surface area contributed by atoms with Crippen molar-refractivity contribution >= 4 is 11.8 Å². The molecule has 0 bridgehead atoms. The molecule has 1 N–H and O–H groups in total. The highest BCUT2D eigenvalue weighted by Gasteiger charge is 2.38. The number of pyridine rings is 1. The molecule has 0 aliphatic carbocycles. The fraction of sp³-hybridized carbons (Fsp3) is 0.533. The van der Waals surface area contributed by atoms with Crippen LogP contribution >= 0.6 is 0 Å². The van der Waals surface area contributed by atoms with E-state index >= 15 is 0 Å². The van der Waals surface area contributed by atoms with E-state index < -0.39 is 0 Å². The number of carbonyl (C=O) groups is 2. The molecule has 1 aliphatic rings. The van der Waals surface area contributed by atoms with Crippen LogP contribution in [0.4, 0.5) is 0 Å². The third-order valence-corrected chi connectivity index (χ3v) is 3.64. The van der Waals surface area contributed by atoms with Gasteiger partial charge in [0.25, 0.3) is 0 Å². The molecule has 0 aromatic carbocycles. The van der Waals surface area contributed by atoms with E-state index in [0.717, 1.165) is 12.0 Å². The molecule has 0 spiro atoms. The molecule has 5 nitrogen and oxygen atoms in total. The zero-order chi connectivity index (χ0) is 14.5. The maximum absolute atomic E-state index is 12.5. The Hall–Kier alpha value is -1.91. The zero-order valence-electron chi connectivity index (χ0n) is 12.0. The maximum Gasteiger partial charge on any atom is 0.246 e. The van der Waals surface area contributed by atoms with Crippen LogP contribution in [0.2, 0.25) is 0 Å². The molecule has 1 saturated heterocycles. The van der Waals surface area contributed by atoms with Gasteiger partial charge in [0.15, 0.2) is 0 Å². The Morgan fingerprint density at radius 3 is 2.55 bits per heavy atom. The van der Waals surface area contributed by atoms with Crippen LogP contribution in [0.15, 0.2) is 24.5 Å². The topological polar surface area (TPSA) is 62.3 Å². The summed E-state index contributed by atoms with van der Waals surface area (Å²) in [6.45, 7) is 4.41. The number of amides is 2. The summed E-state index contributed by atoms with van der Waals surface area (Å²) in [4.78, 5) is 30.3. The molecule has 0 radical (unpaired) electrons. The van der Waals surface area contributed by atoms with E-state index in [-0.39, 0.29) is 23.9 Å². The number of nitrogens with one attached hydrogen (secondary N) is 1. The van der Waals surface area contributed by atoms with Crippen LogP contribution in [-0.2, 0) is 16.1 Å². The maximum atomic E-state index is 12.5. The predicted molar refractivity (Wildman–Crippen MR) is 75.7 cm³/mol. The molecular weight excluding hydrogens is 254 g/mol. The summed E-state index contributed by atoms with van der Waals surface area (Å²) in [7, 11) is 0. The summed E-state index contributed by atoms with van der Waals surface area (Å²) in [6, 6.07) is 3.00. The van der Waals surface area contributed by atoms with E-state index in [2.05, 4.69) is 10.3 Å². The van der Waals surface area contributed by atoms with Crippen molar-refractivity contribution in [3.8, 4) is 0 Å². The van der Waals surface area contributed by atoms with Crippen LogP contribution in [0.1, 0.15) is 38.7 Å². The summed E-state index contributed by atoms with van der Waals surface area (Å²) < 4.78 is 0. The summed E-state index contributed by atoms with van der Waals surface area (Å²) in [5.41, 5.74) is 0.997. The summed E-state index contributed by atoms with van der Waals surface area (Å²) in [5, 5.41) is 2.84. The van der Waals surface area contributed by atoms with Gasteiger partial charge in [-0.15, -0.1) is 0 Å². The second-order valence-corrected chi connectivity index (χ2v) is 5.10. The first-order valence-electron chi connectivity index (χ1n) is 7.17. The highest BCUT2D eigenvalue weighted by atomic mass is 16.2. The molecule has 2 unspecified atom stereocenters. The molecule has 108 valence electrons. The summed E-state index contributed by atoms with van der Waals surface area (Å²) >= 11 is 0. The van der Waals surface area contributed by atoms with E-state index in [0.29, 0.717) is 19.4 Å². The first-order valence-corrected chi connectivity index (χ1v) is 7.17. The minimum Gasteiger partial charge on any atom is -0.343 e. The molecule has 1 fully saturated rings. The van der Waals surface area contributed by atoms with Crippen LogP contribution in [0.25, 0.3) is 0 Å². The second kappa shape index (κ2) is 6.50. The van der Waals surface area contributed by atoms with Gasteiger partial charge < -0.3 is 10.2 Å². The molecule has 20 heavy (non-hydrogen) atoms. The minimum absolute atomic E-state index is 0.0233. The SMILES string of the molecule is CCCC1NC(=O)C(CC)N(Cc2ccncc2)C1=O. The molecule has 5 heteroatoms. The fourth-order valence-electron chi connectivity index (χ4n) is 2.59. The monoisotopic (exact) mass is 275 g/mol. The van der Waals surface area contributed by atoms with E-state index in [9.17, 15) is 9.59 Å². The molecule has 2 amide bonds. The van der Waals surface area contributed by atoms with Gasteiger partial charge in [-0.1, -0.05) is 20.3 Å². The van der Waals surface area contributed by atoms with Gasteiger partial charge in [-0.3, -0.25) is 14.6 Å². The molecule has 0 saturated carbocycles. The Morgan fingerprint density at radius 1 is 1.25 bits per heavy atom. The summed E-state index contributed by atoms with van der Waals surface area (Å²) in [5.74, 6) is -0.0188. The number of rotatable bonds is 5. The minimum atomic E-state index is -0.378. The van der Waals surface area contributed by atoms with Crippen molar-refractivity contribution in [3.63, 3.8) is 0 Å². The van der Waals surface area contributed by atoms with Gasteiger partial charge in [0.1, 0.15) is 12.1 Å². The van der Waals surface area contributed by atoms with Gasteiger partial charge in [-0.2, -0.15) is 0 Å². The first kappa shape index (κ1) is 14.5. The molecule has 2 rings (SSSR count). The highest BCUT2D eigenvalue weighted by Crippen LogP contribution is 2.18. The molecule has 2 atom stereocenters. The normalized spacial score (nSPS) is 22.8. The lowest BCUT2D eigenvalue weighted by Crippen LogP contribution is -2.62. The number of carbonyl (C=O) groups excluding carboxylic acids is 2. The van der Waals surface area contributed by atoms with Crippen molar-refractivity contribution < 1.29 is 9.59 Å². The second-order valence-electron chi connectivity index (χ2n) is 5.10. The largest absolute Gasteiger partial charge is 0.343 e. The smallest absolute Gasteiger partial charge is 0.246 e. The number of nitrogens with zero attached hydrogens (tertiary/aromatic N) is 2. The Morgan fingerprint density at radius 2 is 1.95 bits per heavy atom. The molecule has 1 aromatic rings. The highest BCUT2D eigenvalue weighted by molar-refractivity contribution is 5.96. The van der Waals surface area contributed by atoms with Crippen LogP contribution in [0, 0.1) is 0 Å². The zero-order valence-corrected chi connectivity index (χ0v) is 12.0. The van der Waals surface area contributed by atoms with Gasteiger partial charge in [0.05, 0.1) is 0 Å². The van der Waals surface area contributed by atoms with Crippen molar-refractivity contribution in [3.05, 3.63) is 30.1 Å². The van der Waals surface area contributed by atoms with Crippen LogP contribution in [0.3, 0.4) is 0 Å². The summed E-state index contributed by atoms with van der Waals surface area (Å²) in [6.07, 6.45) is 5.59. The van der Waals surface area contributed by atoms with Gasteiger partial charge in [0.2, 0.25) is 11.8 Å². The van der Waals surface area contributed by atoms with Gasteiger partial charge in [-0.05, 0) is 30.5 Å². The predicted octanol–water partition coefficient (Wildman–Crippen LogP) is 1.49. The Balaban J connectivity index is 2.20. The first-order chi connectivity index (χ1) is 9.67. The van der Waals surface area contributed by atoms with Crippen molar-refractivity contribution in [1.82, 2.24) is 15.2 Å². The van der Waals surface area contributed by atoms with Crippen molar-refractivity contribution in [2.24, 2.45) is 0 Å². The standard InChI is InChI=1S/C15H21N3O2/c1-3-5-12-15(20)18(13(4-2)14(19)17-12)10-11-6-8-16-9-7-11/h6-9,12-13H,3-5,10H2,1-2H3,(H,17,19). The number of aromatic nitrogens is 1. The Bertz CT molecular complexity index is 475. The van der Waals surface area contributed by atoms with Crippen molar-refractivity contribution in [2.45, 2.75) is 51.7 Å². The molecule has 1 aliphatic heterocycles. The number of hydrogen-bond donors (Lipinski definition) is 1. The number of piperazine rings is 1. The molecular formula is C15H21N3O2.